The minimum absolute atomic E-state index is 0.00839. The molecular formula is C88H104Cl3N19O12S8. The van der Waals surface area contributed by atoms with Crippen molar-refractivity contribution in [3.05, 3.63) is 147 Å². The monoisotopic (exact) mass is 1980 g/mol. The predicted molar refractivity (Wildman–Crippen MR) is 518 cm³/mol. The van der Waals surface area contributed by atoms with Gasteiger partial charge in [0, 0.05) is 178 Å². The van der Waals surface area contributed by atoms with Gasteiger partial charge in [-0.05, 0) is 200 Å². The lowest BCUT2D eigenvalue weighted by Gasteiger charge is -2.34. The fraction of sp³-hybridized carbons (Fsp3) is 0.489. The number of halogens is 3. The van der Waals surface area contributed by atoms with Crippen LogP contribution in [-0.4, -0.2) is 269 Å². The van der Waals surface area contributed by atoms with Crippen LogP contribution in [0.3, 0.4) is 0 Å². The van der Waals surface area contributed by atoms with Gasteiger partial charge in [0.2, 0.25) is 58.4 Å². The van der Waals surface area contributed by atoms with E-state index in [1.54, 1.807) is 34.6 Å². The lowest BCUT2D eigenvalue weighted by Crippen LogP contribution is -2.39. The van der Waals surface area contributed by atoms with Crippen LogP contribution in [0.4, 0.5) is 46.0 Å². The van der Waals surface area contributed by atoms with Crippen LogP contribution in [0.15, 0.2) is 142 Å². The molecule has 16 heterocycles. The molecule has 0 amide bonds. The molecule has 31 nitrogen and oxygen atoms in total. The van der Waals surface area contributed by atoms with E-state index in [1.807, 2.05) is 43.5 Å². The highest BCUT2D eigenvalue weighted by molar-refractivity contribution is 7.94. The molecule has 12 aromatic rings. The third-order valence-electron chi connectivity index (χ3n) is 24.6. The van der Waals surface area contributed by atoms with E-state index in [2.05, 4.69) is 143 Å². The number of hydrogen-bond acceptors (Lipinski definition) is 35. The number of thiazole rings is 3. The summed E-state index contributed by atoms with van der Waals surface area (Å²) >= 11 is 23.8. The number of anilines is 8. The Bertz CT molecular complexity index is 5930. The zero-order chi connectivity index (χ0) is 90.1. The Morgan fingerprint density at radius 2 is 0.692 bits per heavy atom. The van der Waals surface area contributed by atoms with E-state index in [0.717, 1.165) is 252 Å². The van der Waals surface area contributed by atoms with Crippen LogP contribution < -0.4 is 39.2 Å². The topological polar surface area (TPSA) is 341 Å². The standard InChI is InChI=1S/C24H31N5O3S2.C22H25ClN4O3S2.2C21H24ClN5O3S2/c1-17(2)22-14-33-24(27-22)34(30,31)15-18-4-3-7-29(13-18)23-20-6-5-19(12-21(20)25-16-26-23)28-8-10-32-11-9-28;23-22-24-19-13-17(26-8-10-30-11-9-26)5-6-18(19)21(25-22)27-7-1-3-16(14-27)15-32(28,29)20-4-2-12-31-20;2*22-20-24-18-12-16(26-7-9-30-10-8-26)3-4-17(18)19(25-20)27-6-1-2-15(13-27)14-32(28,29)21-23-5-11-31-21/h5-6,12,14,16-18H,3-4,7-11,13,15H2,1-2H3;2,4-6,12-13,16H,1,3,7-11,14-15H2;2*3-5,11-12,15H,1-2,6-10,13-14H2/t;;2*15-/m..10/s1. The van der Waals surface area contributed by atoms with Gasteiger partial charge in [0.05, 0.1) is 104 Å². The van der Waals surface area contributed by atoms with E-state index in [4.69, 9.17) is 53.8 Å². The maximum Gasteiger partial charge on any atom is 0.224 e. The van der Waals surface area contributed by atoms with Crippen molar-refractivity contribution in [2.75, 3.05) is 220 Å². The minimum Gasteiger partial charge on any atom is -0.378 e. The lowest BCUT2D eigenvalue weighted by atomic mass is 9.99. The fourth-order valence-electron chi connectivity index (χ4n) is 18.3. The van der Waals surface area contributed by atoms with E-state index in [9.17, 15) is 33.7 Å². The summed E-state index contributed by atoms with van der Waals surface area (Å²) in [6.07, 6.45) is 11.8. The Balaban J connectivity index is 0.000000121. The van der Waals surface area contributed by atoms with Gasteiger partial charge in [-0.2, -0.15) is 15.0 Å². The molecule has 0 spiro atoms. The number of sulfone groups is 4. The van der Waals surface area contributed by atoms with Crippen molar-refractivity contribution in [2.45, 2.75) is 88.4 Å². The van der Waals surface area contributed by atoms with Gasteiger partial charge < -0.3 is 58.1 Å². The van der Waals surface area contributed by atoms with E-state index >= 15 is 0 Å². The number of fused-ring (bicyclic) bond motifs is 4. The first-order chi connectivity index (χ1) is 62.9. The third-order valence-corrected chi connectivity index (χ3v) is 38.1. The maximum atomic E-state index is 13.1. The highest BCUT2D eigenvalue weighted by Gasteiger charge is 2.36. The van der Waals surface area contributed by atoms with Gasteiger partial charge in [-0.15, -0.1) is 45.3 Å². The number of thiophene rings is 1. The number of benzene rings is 4. The van der Waals surface area contributed by atoms with Gasteiger partial charge in [0.25, 0.3) is 0 Å². The average Bonchev–Trinajstić information content (AvgIpc) is 0.882. The van der Waals surface area contributed by atoms with Crippen LogP contribution in [0.5, 0.6) is 0 Å². The van der Waals surface area contributed by atoms with E-state index in [-0.39, 0.29) is 81.5 Å². The summed E-state index contributed by atoms with van der Waals surface area (Å²) in [6, 6.07) is 28.4. The number of ether oxygens (including phenoxy) is 4. The molecule has 4 atom stereocenters. The molecule has 20 rings (SSSR count). The van der Waals surface area contributed by atoms with Crippen molar-refractivity contribution in [2.24, 2.45) is 23.7 Å². The van der Waals surface area contributed by atoms with Crippen LogP contribution >= 0.6 is 80.1 Å². The largest absolute Gasteiger partial charge is 0.378 e. The molecule has 4 aromatic carbocycles. The lowest BCUT2D eigenvalue weighted by molar-refractivity contribution is 0.122. The second-order valence-electron chi connectivity index (χ2n) is 34.0. The minimum atomic E-state index is -3.41. The highest BCUT2D eigenvalue weighted by Crippen LogP contribution is 2.40. The van der Waals surface area contributed by atoms with Crippen LogP contribution in [0, 0.1) is 23.7 Å². The summed E-state index contributed by atoms with van der Waals surface area (Å²) in [4.78, 5) is 66.4. The first-order valence-electron chi connectivity index (χ1n) is 44.1. The van der Waals surface area contributed by atoms with Gasteiger partial charge in [-0.25, -0.2) is 73.5 Å². The average molecular weight is 1980 g/mol. The molecule has 8 aliphatic heterocycles. The number of rotatable bonds is 21. The van der Waals surface area contributed by atoms with Crippen molar-refractivity contribution < 1.29 is 52.6 Å². The van der Waals surface area contributed by atoms with Crippen molar-refractivity contribution in [3.63, 3.8) is 0 Å². The van der Waals surface area contributed by atoms with Gasteiger partial charge in [-0.3, -0.25) is 0 Å². The quantitative estimate of drug-likeness (QED) is 0.0603. The number of piperidine rings is 4. The normalized spacial score (nSPS) is 20.0. The van der Waals surface area contributed by atoms with Gasteiger partial charge in [-0.1, -0.05) is 19.9 Å². The molecule has 0 aliphatic carbocycles. The third kappa shape index (κ3) is 22.9. The summed E-state index contributed by atoms with van der Waals surface area (Å²) in [7, 11) is -13.4. The fourth-order valence-corrected chi connectivity index (χ4v) is 29.6. The number of nitrogens with zero attached hydrogens (tertiary/aromatic N) is 19. The first-order valence-corrected chi connectivity index (χ1v) is 55.3. The maximum absolute atomic E-state index is 13.1. The van der Waals surface area contributed by atoms with Crippen molar-refractivity contribution in [1.29, 1.82) is 0 Å². The molecule has 8 saturated heterocycles. The summed E-state index contributed by atoms with van der Waals surface area (Å²) in [6.45, 7) is 22.5. The summed E-state index contributed by atoms with van der Waals surface area (Å²) < 4.78 is 126. The second-order valence-corrected chi connectivity index (χ2v) is 47.5. The molecule has 130 heavy (non-hydrogen) atoms. The zero-order valence-electron chi connectivity index (χ0n) is 72.3. The Hall–Kier alpha value is -8.26. The Morgan fingerprint density at radius 3 is 1.02 bits per heavy atom. The SMILES string of the molecule is CC(C)c1csc(S(=O)(=O)CC2CCCN(c3ncnc4cc(N5CCOCC5)ccc34)C2)n1.O=S(=O)(CC1CCCN(c2nc(Cl)nc3cc(N4CCOCC4)ccc23)C1)c1cccs1.O=S(=O)(C[C@@H]1CCCN(c2nc(Cl)nc3cc(N4CCOCC4)ccc23)C1)c1nccs1.O=S(=O)(C[C@H]1CCCN(c2nc(Cl)nc3cc(N4CCOCC4)ccc23)C1)c1nccs1. The Morgan fingerprint density at radius 1 is 0.354 bits per heavy atom. The van der Waals surface area contributed by atoms with Crippen molar-refractivity contribution in [1.82, 2.24) is 54.8 Å². The molecule has 0 saturated carbocycles. The van der Waals surface area contributed by atoms with E-state index < -0.39 is 39.3 Å². The van der Waals surface area contributed by atoms with E-state index in [1.165, 1.54) is 57.7 Å². The first kappa shape index (κ1) is 93.5. The summed E-state index contributed by atoms with van der Waals surface area (Å²) in [5.74, 6) is 4.00. The predicted octanol–water partition coefficient (Wildman–Crippen LogP) is 14.1. The van der Waals surface area contributed by atoms with Crippen molar-refractivity contribution in [3.8, 4) is 0 Å². The second kappa shape index (κ2) is 42.1. The molecule has 0 bridgehead atoms. The number of hydrogen-bond donors (Lipinski definition) is 0. The Kier molecular flexibility index (Phi) is 30.3. The molecule has 0 N–H and O–H groups in total. The number of morpholine rings is 4. The van der Waals surface area contributed by atoms with E-state index in [0.29, 0.717) is 56.8 Å². The molecule has 0 radical (unpaired) electrons. The van der Waals surface area contributed by atoms with Gasteiger partial charge in [0.1, 0.15) is 33.8 Å². The molecule has 8 aliphatic rings. The molecule has 8 aromatic heterocycles. The molecule has 692 valence electrons. The van der Waals surface area contributed by atoms with Crippen molar-refractivity contribution >= 4 is 209 Å². The van der Waals surface area contributed by atoms with Crippen LogP contribution in [0.1, 0.15) is 76.8 Å². The molecule has 2 unspecified atom stereocenters. The summed E-state index contributed by atoms with van der Waals surface area (Å²) in [5.41, 5.74) is 8.57. The van der Waals surface area contributed by atoms with Crippen LogP contribution in [0.2, 0.25) is 15.9 Å². The van der Waals surface area contributed by atoms with Gasteiger partial charge >= 0.3 is 0 Å². The van der Waals surface area contributed by atoms with Gasteiger partial charge in [0.15, 0.2) is 9.84 Å². The molecule has 42 heteroatoms. The van der Waals surface area contributed by atoms with Crippen LogP contribution in [0.25, 0.3) is 43.6 Å². The molecule has 8 fully saturated rings. The molecular weight excluding hydrogens is 1880 g/mol. The smallest absolute Gasteiger partial charge is 0.224 e. The summed E-state index contributed by atoms with van der Waals surface area (Å²) in [5, 5.41) is 11.5. The van der Waals surface area contributed by atoms with Crippen LogP contribution in [-0.2, 0) is 58.3 Å². The Labute approximate surface area is 788 Å². The number of aromatic nitrogens is 11. The highest BCUT2D eigenvalue weighted by atomic mass is 35.5. The zero-order valence-corrected chi connectivity index (χ0v) is 81.1.